The van der Waals surface area contributed by atoms with Gasteiger partial charge in [-0.25, -0.2) is 4.99 Å². The lowest BCUT2D eigenvalue weighted by molar-refractivity contribution is -0.828. The Morgan fingerprint density at radius 3 is 2.69 bits per heavy atom. The standard InChI is InChI=1S/C27H43N5O4/c1-29-10-11-31-24(28)32-12-9-19(14-30-2)26(16-32)18-8-7-17-5-3-4-6-21(33)27(36)15-25(17,26)20(13-18)22(27)23(34)35/h17-19,29-30,36H,3-16H2,1-2H3,(H2,28,31)(H,34,35)/t17-,18-,19+,25+,26-,27-/m1/s1. The van der Waals surface area contributed by atoms with Gasteiger partial charge in [-0.2, -0.15) is 0 Å². The number of hydrogen-bond acceptors (Lipinski definition) is 7. The summed E-state index contributed by atoms with van der Waals surface area (Å²) in [5.41, 5.74) is 4.61. The van der Waals surface area contributed by atoms with E-state index in [2.05, 4.69) is 15.6 Å². The number of nitrogens with zero attached hydrogens (tertiary/aromatic N) is 1. The molecule has 0 amide bonds. The first kappa shape index (κ1) is 25.8. The number of carboxylic acid groups (broad SMARTS) is 1. The van der Waals surface area contributed by atoms with Crippen molar-refractivity contribution in [2.75, 3.05) is 46.8 Å². The molecule has 7 atom stereocenters. The number of aliphatic carboxylic acids is 1. The topological polar surface area (TPSA) is 144 Å². The van der Waals surface area contributed by atoms with Gasteiger partial charge in [0.15, 0.2) is 11.4 Å². The van der Waals surface area contributed by atoms with Gasteiger partial charge in [0.25, 0.3) is 5.96 Å². The molecule has 9 nitrogen and oxygen atoms in total. The molecule has 5 aliphatic rings. The van der Waals surface area contributed by atoms with Crippen LogP contribution >= 0.6 is 0 Å². The van der Waals surface area contributed by atoms with Gasteiger partial charge in [-0.15, -0.1) is 0 Å². The molecule has 6 N–H and O–H groups in total. The van der Waals surface area contributed by atoms with Gasteiger partial charge in [-0.1, -0.05) is 12.0 Å². The molecule has 4 fully saturated rings. The highest BCUT2D eigenvalue weighted by Crippen LogP contribution is 2.77. The monoisotopic (exact) mass is 501 g/mol. The van der Waals surface area contributed by atoms with E-state index in [0.717, 1.165) is 68.8 Å². The summed E-state index contributed by atoms with van der Waals surface area (Å²) in [5, 5.41) is 31.1. The highest BCUT2D eigenvalue weighted by Gasteiger charge is 2.77. The molecule has 1 heterocycles. The maximum atomic E-state index is 13.4. The number of carbonyl (C=O) groups excluding carboxylic acids is 2. The fraction of sp³-hybridized carbons (Fsp3) is 0.815. The van der Waals surface area contributed by atoms with Crippen LogP contribution in [0.2, 0.25) is 0 Å². The molecule has 0 aromatic heterocycles. The van der Waals surface area contributed by atoms with Crippen LogP contribution in [0, 0.1) is 28.6 Å². The number of rotatable bonds is 6. The van der Waals surface area contributed by atoms with Gasteiger partial charge >= 0.3 is 0 Å². The van der Waals surface area contributed by atoms with Crippen LogP contribution in [0.4, 0.5) is 0 Å². The molecule has 0 aromatic carbocycles. The van der Waals surface area contributed by atoms with Crippen molar-refractivity contribution in [2.45, 2.75) is 63.4 Å². The van der Waals surface area contributed by atoms with Crippen LogP contribution in [0.15, 0.2) is 16.1 Å². The smallest absolute Gasteiger partial charge is 0.293 e. The van der Waals surface area contributed by atoms with Gasteiger partial charge in [-0.3, -0.25) is 9.69 Å². The van der Waals surface area contributed by atoms with Crippen LogP contribution in [-0.2, 0) is 9.59 Å². The number of nitrogens with two attached hydrogens (primary N) is 1. The number of carbonyl (C=O) groups is 2. The molecular formula is C27H43N5O4. The average molecular weight is 502 g/mol. The number of aliphatic imine (C=N–C) groups is 1. The SMILES string of the molecule is CNCCN=C(N)[NH+]1CC[C@@H](CNC)[C@@]2(C1)[C@@H]1CC[C@H]3CCCCC(=O)[C@]4(O)C[C@@]32C(=C4C(=O)[O-])C1. The molecule has 1 saturated heterocycles. The lowest BCUT2D eigenvalue weighted by Crippen LogP contribution is -3.19. The van der Waals surface area contributed by atoms with E-state index < -0.39 is 17.0 Å². The number of Topliss-reactive ketones (excluding diaryl/α,β-unsaturated/α-hetero) is 1. The van der Waals surface area contributed by atoms with Crippen LogP contribution in [0.1, 0.15) is 57.8 Å². The molecule has 0 radical (unpaired) electrons. The molecule has 4 aliphatic carbocycles. The Kier molecular flexibility index (Phi) is 6.81. The van der Waals surface area contributed by atoms with Crippen molar-refractivity contribution in [1.29, 1.82) is 0 Å². The van der Waals surface area contributed by atoms with Crippen molar-refractivity contribution in [3.8, 4) is 0 Å². The van der Waals surface area contributed by atoms with Crippen LogP contribution in [0.3, 0.4) is 0 Å². The van der Waals surface area contributed by atoms with E-state index in [4.69, 9.17) is 5.73 Å². The molecule has 9 heteroatoms. The first-order valence-corrected chi connectivity index (χ1v) is 13.9. The number of likely N-dealkylation sites (tertiary alicyclic amines) is 1. The molecule has 2 spiro atoms. The molecule has 0 aromatic rings. The van der Waals surface area contributed by atoms with E-state index in [1.165, 1.54) is 0 Å². The zero-order chi connectivity index (χ0) is 25.7. The first-order valence-electron chi connectivity index (χ1n) is 13.9. The maximum absolute atomic E-state index is 13.4. The highest BCUT2D eigenvalue weighted by atomic mass is 16.4. The minimum Gasteiger partial charge on any atom is -0.545 e. The van der Waals surface area contributed by atoms with Crippen molar-refractivity contribution in [3.05, 3.63) is 11.1 Å². The Hall–Kier alpha value is -1.81. The minimum absolute atomic E-state index is 0.0887. The Morgan fingerprint density at radius 2 is 1.97 bits per heavy atom. The lowest BCUT2D eigenvalue weighted by Gasteiger charge is -2.61. The van der Waals surface area contributed by atoms with Gasteiger partial charge in [0.1, 0.15) is 0 Å². The predicted octanol–water partition coefficient (Wildman–Crippen LogP) is -1.63. The maximum Gasteiger partial charge on any atom is 0.293 e. The van der Waals surface area contributed by atoms with Crippen LogP contribution in [0.5, 0.6) is 0 Å². The Morgan fingerprint density at radius 1 is 1.19 bits per heavy atom. The molecular weight excluding hydrogens is 458 g/mol. The zero-order valence-corrected chi connectivity index (χ0v) is 21.8. The van der Waals surface area contributed by atoms with Gasteiger partial charge in [0, 0.05) is 35.8 Å². The number of hydrogen-bond donors (Lipinski definition) is 5. The third kappa shape index (κ3) is 3.46. The number of guanidine groups is 1. The summed E-state index contributed by atoms with van der Waals surface area (Å²) in [6.45, 7) is 3.85. The van der Waals surface area contributed by atoms with E-state index in [9.17, 15) is 19.8 Å². The van der Waals surface area contributed by atoms with E-state index in [1.54, 1.807) is 0 Å². The van der Waals surface area contributed by atoms with E-state index in [1.807, 2.05) is 14.1 Å². The van der Waals surface area contributed by atoms with Crippen molar-refractivity contribution in [2.24, 2.45) is 39.3 Å². The first-order chi connectivity index (χ1) is 17.3. The summed E-state index contributed by atoms with van der Waals surface area (Å²) in [7, 11) is 3.88. The second kappa shape index (κ2) is 9.49. The zero-order valence-electron chi connectivity index (χ0n) is 21.8. The average Bonchev–Trinajstić information content (AvgIpc) is 3.20. The number of ketones is 1. The number of likely N-dealkylation sites (N-methyl/N-ethyl adjacent to an activating group) is 1. The molecule has 5 rings (SSSR count). The van der Waals surface area contributed by atoms with Crippen LogP contribution in [0.25, 0.3) is 0 Å². The number of nitrogens with one attached hydrogen (secondary N) is 3. The van der Waals surface area contributed by atoms with Crippen molar-refractivity contribution >= 4 is 17.7 Å². The van der Waals surface area contributed by atoms with E-state index >= 15 is 0 Å². The van der Waals surface area contributed by atoms with Crippen molar-refractivity contribution in [3.63, 3.8) is 0 Å². The normalized spacial score (nSPS) is 42.4. The number of aliphatic hydroxyl groups is 1. The van der Waals surface area contributed by atoms with E-state index in [-0.39, 0.29) is 35.5 Å². The molecule has 3 bridgehead atoms. The number of fused-ring (bicyclic) bond motifs is 1. The van der Waals surface area contributed by atoms with Gasteiger partial charge < -0.3 is 31.4 Å². The molecule has 3 saturated carbocycles. The fourth-order valence-electron chi connectivity index (χ4n) is 9.52. The summed E-state index contributed by atoms with van der Waals surface area (Å²) in [6, 6.07) is 0. The predicted molar refractivity (Wildman–Crippen MR) is 134 cm³/mol. The van der Waals surface area contributed by atoms with Crippen molar-refractivity contribution in [1.82, 2.24) is 10.6 Å². The third-order valence-corrected chi connectivity index (χ3v) is 10.7. The molecule has 36 heavy (non-hydrogen) atoms. The number of piperidine rings is 1. The summed E-state index contributed by atoms with van der Waals surface area (Å²) in [4.78, 5) is 31.9. The fourth-order valence-corrected chi connectivity index (χ4v) is 9.52. The molecule has 200 valence electrons. The number of carboxylic acids is 1. The Balaban J connectivity index is 1.69. The second-order valence-corrected chi connectivity index (χ2v) is 12.0. The number of quaternary nitrogens is 1. The summed E-state index contributed by atoms with van der Waals surface area (Å²) in [5.74, 6) is -0.223. The van der Waals surface area contributed by atoms with Crippen LogP contribution < -0.4 is 26.4 Å². The van der Waals surface area contributed by atoms with Crippen molar-refractivity contribution < 1.29 is 24.7 Å². The quantitative estimate of drug-likeness (QED) is 0.167. The summed E-state index contributed by atoms with van der Waals surface area (Å²) in [6.07, 6.45) is 6.68. The lowest BCUT2D eigenvalue weighted by atomic mass is 9.44. The minimum atomic E-state index is -1.94. The van der Waals surface area contributed by atoms with Gasteiger partial charge in [0.05, 0.1) is 25.6 Å². The van der Waals surface area contributed by atoms with Gasteiger partial charge in [0.2, 0.25) is 0 Å². The molecule has 1 aliphatic heterocycles. The second-order valence-electron chi connectivity index (χ2n) is 12.0. The highest BCUT2D eigenvalue weighted by molar-refractivity contribution is 6.03. The van der Waals surface area contributed by atoms with Crippen LogP contribution in [-0.4, -0.2) is 75.2 Å². The third-order valence-electron chi connectivity index (χ3n) is 10.7. The summed E-state index contributed by atoms with van der Waals surface area (Å²) < 4.78 is 0. The largest absolute Gasteiger partial charge is 0.545 e. The Labute approximate surface area is 214 Å². The summed E-state index contributed by atoms with van der Waals surface area (Å²) >= 11 is 0. The molecule has 1 unspecified atom stereocenters. The van der Waals surface area contributed by atoms with E-state index in [0.29, 0.717) is 37.2 Å². The Bertz CT molecular complexity index is 981. The number of allylic oxidation sites excluding steroid dienone is 1. The van der Waals surface area contributed by atoms with Gasteiger partial charge in [-0.05, 0) is 76.9 Å².